The summed E-state index contributed by atoms with van der Waals surface area (Å²) < 4.78 is 33.3. The third-order valence-corrected chi connectivity index (χ3v) is 5.40. The molecule has 1 N–H and O–H groups in total. The lowest BCUT2D eigenvalue weighted by atomic mass is 9.98. The first-order valence-corrected chi connectivity index (χ1v) is 8.78. The van der Waals surface area contributed by atoms with Crippen LogP contribution in [0.2, 0.25) is 5.02 Å². The molecule has 0 saturated carbocycles. The van der Waals surface area contributed by atoms with Crippen molar-refractivity contribution in [2.24, 2.45) is 0 Å². The molecule has 4 aromatic carbocycles. The van der Waals surface area contributed by atoms with Crippen molar-refractivity contribution in [3.05, 3.63) is 65.7 Å². The lowest BCUT2D eigenvalue weighted by Crippen LogP contribution is -2.00. The monoisotopic (exact) mass is 342 g/mol. The summed E-state index contributed by atoms with van der Waals surface area (Å²) in [6, 6.07) is 18.8. The molecule has 0 aromatic heterocycles. The number of hydrogen-bond acceptors (Lipinski definition) is 2. The number of hydrogen-bond donors (Lipinski definition) is 1. The highest BCUT2D eigenvalue weighted by molar-refractivity contribution is 7.86. The molecule has 0 amide bonds. The van der Waals surface area contributed by atoms with Gasteiger partial charge in [0.15, 0.2) is 0 Å². The number of rotatable bonds is 1. The van der Waals surface area contributed by atoms with Crippen molar-refractivity contribution < 1.29 is 13.0 Å². The molecule has 23 heavy (non-hydrogen) atoms. The fourth-order valence-electron chi connectivity index (χ4n) is 3.03. The van der Waals surface area contributed by atoms with Gasteiger partial charge >= 0.3 is 0 Å². The fourth-order valence-corrected chi connectivity index (χ4v) is 4.28. The van der Waals surface area contributed by atoms with Gasteiger partial charge in [0.2, 0.25) is 0 Å². The summed E-state index contributed by atoms with van der Waals surface area (Å²) in [6.07, 6.45) is 0. The maximum atomic E-state index is 11.8. The van der Waals surface area contributed by atoms with E-state index in [1.165, 1.54) is 6.07 Å². The van der Waals surface area contributed by atoms with Gasteiger partial charge in [0.1, 0.15) is 4.90 Å². The molecule has 4 rings (SSSR count). The van der Waals surface area contributed by atoms with E-state index >= 15 is 0 Å². The summed E-state index contributed by atoms with van der Waals surface area (Å²) in [5.74, 6) is 0. The van der Waals surface area contributed by atoms with Gasteiger partial charge in [0.05, 0.1) is 5.02 Å². The van der Waals surface area contributed by atoms with Gasteiger partial charge in [-0.1, -0.05) is 54.1 Å². The van der Waals surface area contributed by atoms with Crippen molar-refractivity contribution in [2.75, 3.05) is 0 Å². The Labute approximate surface area is 137 Å². The molecule has 5 heteroatoms. The second-order valence-electron chi connectivity index (χ2n) is 5.44. The third-order valence-electron chi connectivity index (χ3n) is 4.03. The van der Waals surface area contributed by atoms with Gasteiger partial charge in [-0.25, -0.2) is 0 Å². The molecule has 0 aliphatic heterocycles. The van der Waals surface area contributed by atoms with E-state index in [4.69, 9.17) is 11.6 Å². The summed E-state index contributed by atoms with van der Waals surface area (Å²) in [5, 5.41) is 4.87. The standard InChI is InChI=1S/C18H11ClO3S/c19-16-8-7-11-5-6-14-9-12-3-1-2-4-13(12)10-15(14)17(11)18(16)23(20,21)22/h1-10H,(H,20,21,22). The zero-order chi connectivity index (χ0) is 16.2. The fraction of sp³-hybridized carbons (Fsp3) is 0. The minimum atomic E-state index is -4.44. The molecule has 0 aliphatic rings. The van der Waals surface area contributed by atoms with E-state index in [0.717, 1.165) is 21.5 Å². The highest BCUT2D eigenvalue weighted by atomic mass is 35.5. The van der Waals surface area contributed by atoms with Crippen LogP contribution in [0.25, 0.3) is 32.3 Å². The zero-order valence-corrected chi connectivity index (χ0v) is 13.4. The highest BCUT2D eigenvalue weighted by Crippen LogP contribution is 2.36. The first kappa shape index (κ1) is 14.5. The molecule has 0 atom stereocenters. The SMILES string of the molecule is O=S(=O)(O)c1c(Cl)ccc2ccc3cc4ccccc4cc3c12. The Kier molecular flexibility index (Phi) is 3.10. The molecule has 0 spiro atoms. The predicted molar refractivity (Wildman–Crippen MR) is 93.8 cm³/mol. The average Bonchev–Trinajstić information content (AvgIpc) is 2.51. The molecule has 3 nitrogen and oxygen atoms in total. The van der Waals surface area contributed by atoms with E-state index in [1.807, 2.05) is 48.5 Å². The summed E-state index contributed by atoms with van der Waals surface area (Å²) in [6.45, 7) is 0. The summed E-state index contributed by atoms with van der Waals surface area (Å²) in [7, 11) is -4.44. The Morgan fingerprint density at radius 3 is 2.09 bits per heavy atom. The first-order chi connectivity index (χ1) is 10.9. The molecule has 4 aromatic rings. The van der Waals surface area contributed by atoms with Crippen LogP contribution in [0, 0.1) is 0 Å². The Hall–Kier alpha value is -2.14. The Balaban J connectivity index is 2.32. The Morgan fingerprint density at radius 1 is 0.783 bits per heavy atom. The normalized spacial score (nSPS) is 12.3. The molecule has 0 saturated heterocycles. The molecular weight excluding hydrogens is 332 g/mol. The zero-order valence-electron chi connectivity index (χ0n) is 11.8. The van der Waals surface area contributed by atoms with Crippen molar-refractivity contribution >= 4 is 54.0 Å². The van der Waals surface area contributed by atoms with Crippen LogP contribution in [-0.4, -0.2) is 13.0 Å². The minimum absolute atomic E-state index is 0.0145. The molecule has 0 unspecified atom stereocenters. The van der Waals surface area contributed by atoms with E-state index < -0.39 is 10.1 Å². The quantitative estimate of drug-likeness (QED) is 0.299. The number of fused-ring (bicyclic) bond motifs is 4. The smallest absolute Gasteiger partial charge is 0.282 e. The van der Waals surface area contributed by atoms with Gasteiger partial charge in [-0.3, -0.25) is 4.55 Å². The van der Waals surface area contributed by atoms with Crippen molar-refractivity contribution in [1.29, 1.82) is 0 Å². The van der Waals surface area contributed by atoms with Crippen LogP contribution in [0.1, 0.15) is 0 Å². The van der Waals surface area contributed by atoms with E-state index in [2.05, 4.69) is 0 Å². The summed E-state index contributed by atoms with van der Waals surface area (Å²) >= 11 is 6.07. The second kappa shape index (κ2) is 4.93. The van der Waals surface area contributed by atoms with Gasteiger partial charge < -0.3 is 0 Å². The first-order valence-electron chi connectivity index (χ1n) is 6.96. The van der Waals surface area contributed by atoms with Gasteiger partial charge in [0, 0.05) is 5.39 Å². The number of benzene rings is 4. The maximum absolute atomic E-state index is 11.8. The predicted octanol–water partition coefficient (Wildman–Crippen LogP) is 5.05. The van der Waals surface area contributed by atoms with Crippen LogP contribution in [-0.2, 0) is 10.1 Å². The van der Waals surface area contributed by atoms with Crippen LogP contribution in [0.3, 0.4) is 0 Å². The van der Waals surface area contributed by atoms with Crippen LogP contribution in [0.4, 0.5) is 0 Å². The van der Waals surface area contributed by atoms with Gasteiger partial charge in [0.25, 0.3) is 10.1 Å². The molecule has 0 bridgehead atoms. The largest absolute Gasteiger partial charge is 0.296 e. The maximum Gasteiger partial charge on any atom is 0.296 e. The van der Waals surface area contributed by atoms with Crippen molar-refractivity contribution in [2.45, 2.75) is 4.90 Å². The van der Waals surface area contributed by atoms with E-state index in [9.17, 15) is 13.0 Å². The van der Waals surface area contributed by atoms with Crippen molar-refractivity contribution in [1.82, 2.24) is 0 Å². The lowest BCUT2D eigenvalue weighted by Gasteiger charge is -2.11. The van der Waals surface area contributed by atoms with E-state index in [0.29, 0.717) is 10.8 Å². The van der Waals surface area contributed by atoms with Crippen LogP contribution < -0.4 is 0 Å². The van der Waals surface area contributed by atoms with E-state index in [1.54, 1.807) is 6.07 Å². The van der Waals surface area contributed by atoms with Crippen LogP contribution in [0.15, 0.2) is 65.6 Å². The second-order valence-corrected chi connectivity index (χ2v) is 7.20. The molecule has 0 aliphatic carbocycles. The molecule has 0 fully saturated rings. The molecule has 0 radical (unpaired) electrons. The van der Waals surface area contributed by atoms with Gasteiger partial charge in [-0.05, 0) is 45.1 Å². The molecule has 114 valence electrons. The average molecular weight is 343 g/mol. The summed E-state index contributed by atoms with van der Waals surface area (Å²) in [4.78, 5) is -0.238. The number of halogens is 1. The molecule has 0 heterocycles. The Bertz CT molecular complexity index is 1200. The third kappa shape index (κ3) is 2.27. The van der Waals surface area contributed by atoms with Crippen molar-refractivity contribution in [3.8, 4) is 0 Å². The molecular formula is C18H11ClO3S. The lowest BCUT2D eigenvalue weighted by molar-refractivity contribution is 0.484. The van der Waals surface area contributed by atoms with Gasteiger partial charge in [-0.2, -0.15) is 8.42 Å². The summed E-state index contributed by atoms with van der Waals surface area (Å²) in [5.41, 5.74) is 0. The van der Waals surface area contributed by atoms with E-state index in [-0.39, 0.29) is 9.92 Å². The topological polar surface area (TPSA) is 54.4 Å². The van der Waals surface area contributed by atoms with Crippen molar-refractivity contribution in [3.63, 3.8) is 0 Å². The van der Waals surface area contributed by atoms with Crippen LogP contribution in [0.5, 0.6) is 0 Å². The van der Waals surface area contributed by atoms with Gasteiger partial charge in [-0.15, -0.1) is 0 Å². The minimum Gasteiger partial charge on any atom is -0.282 e. The highest BCUT2D eigenvalue weighted by Gasteiger charge is 2.20. The van der Waals surface area contributed by atoms with Crippen LogP contribution >= 0.6 is 11.6 Å². The Morgan fingerprint density at radius 2 is 1.39 bits per heavy atom.